The number of benzene rings is 3. The normalized spacial score (nSPS) is 28.5. The number of aryl methyl sites for hydroxylation is 1. The second kappa shape index (κ2) is 11.1. The number of ether oxygens (including phenoxy) is 1. The number of anilines is 1. The van der Waals surface area contributed by atoms with E-state index in [9.17, 15) is 24.7 Å². The fraction of sp³-hybridized carbons (Fsp3) is 0.294. The van der Waals surface area contributed by atoms with E-state index in [0.717, 1.165) is 10.6 Å². The van der Waals surface area contributed by atoms with Gasteiger partial charge in [0.25, 0.3) is 23.6 Å². The number of carbonyl (C=O) groups is 4. The molecule has 0 bridgehead atoms. The molecule has 46 heavy (non-hydrogen) atoms. The molecule has 12 heteroatoms. The molecule has 236 valence electrons. The molecule has 2 heterocycles. The number of imide groups is 2. The number of amides is 4. The van der Waals surface area contributed by atoms with Gasteiger partial charge < -0.3 is 9.84 Å². The van der Waals surface area contributed by atoms with E-state index in [0.29, 0.717) is 26.9 Å². The molecule has 0 radical (unpaired) electrons. The summed E-state index contributed by atoms with van der Waals surface area (Å²) in [5.74, 6) is -6.50. The number of hydrogen-bond donors (Lipinski definition) is 3. The van der Waals surface area contributed by atoms with Crippen LogP contribution in [0.5, 0.6) is 11.5 Å². The summed E-state index contributed by atoms with van der Waals surface area (Å²) in [6.45, 7) is 1.94. The van der Waals surface area contributed by atoms with Crippen LogP contribution in [0.2, 0.25) is 0 Å². The van der Waals surface area contributed by atoms with Crippen LogP contribution >= 0.6 is 31.9 Å². The molecular weight excluding hydrogens is 722 g/mol. The molecule has 4 aliphatic rings. The Labute approximate surface area is 281 Å². The zero-order valence-corrected chi connectivity index (χ0v) is 27.9. The second-order valence-electron chi connectivity index (χ2n) is 12.2. The van der Waals surface area contributed by atoms with Crippen LogP contribution in [-0.2, 0) is 24.6 Å². The summed E-state index contributed by atoms with van der Waals surface area (Å²) < 4.78 is 6.27. The monoisotopic (exact) mass is 749 g/mol. The fourth-order valence-corrected chi connectivity index (χ4v) is 9.01. The summed E-state index contributed by atoms with van der Waals surface area (Å²) in [4.78, 5) is 56.1. The molecule has 2 aliphatic carbocycles. The van der Waals surface area contributed by atoms with Gasteiger partial charge in [-0.3, -0.25) is 29.8 Å². The Morgan fingerprint density at radius 3 is 2.30 bits per heavy atom. The van der Waals surface area contributed by atoms with Gasteiger partial charge in [-0.15, -0.1) is 0 Å². The average molecular weight is 751 g/mol. The number of phenols is 1. The molecule has 3 N–H and O–H groups in total. The van der Waals surface area contributed by atoms with Crippen molar-refractivity contribution in [3.63, 3.8) is 0 Å². The van der Waals surface area contributed by atoms with Crippen LogP contribution in [0.25, 0.3) is 0 Å². The van der Waals surface area contributed by atoms with Gasteiger partial charge in [0.2, 0.25) is 0 Å². The minimum Gasteiger partial charge on any atom is -0.503 e. The van der Waals surface area contributed by atoms with Gasteiger partial charge in [0.05, 0.1) is 40.4 Å². The first kappa shape index (κ1) is 30.6. The van der Waals surface area contributed by atoms with Crippen molar-refractivity contribution in [3.05, 3.63) is 97.9 Å². The van der Waals surface area contributed by atoms with Crippen molar-refractivity contribution in [3.8, 4) is 11.5 Å². The number of nitrogens with one attached hydrogen (secondary N) is 1. The molecule has 6 atom stereocenters. The lowest BCUT2D eigenvalue weighted by Crippen LogP contribution is -2.53. The molecule has 3 aromatic rings. The molecule has 4 amide bonds. The third-order valence-electron chi connectivity index (χ3n) is 10.1. The summed E-state index contributed by atoms with van der Waals surface area (Å²) in [7, 11) is 1.42. The van der Waals surface area contributed by atoms with Gasteiger partial charge in [-0.1, -0.05) is 59.7 Å². The van der Waals surface area contributed by atoms with Crippen molar-refractivity contribution in [2.24, 2.45) is 23.7 Å². The Hall–Kier alpha value is -4.00. The van der Waals surface area contributed by atoms with Gasteiger partial charge in [0, 0.05) is 10.4 Å². The number of methoxy groups -OCH3 is 1. The number of nitrogens with zero attached hydrogens (tertiary/aromatic N) is 2. The number of aromatic hydroxyl groups is 1. The highest BCUT2D eigenvalue weighted by Crippen LogP contribution is 2.65. The molecule has 1 saturated carbocycles. The number of phenolic OH excluding ortho intramolecular Hbond substituents is 1. The summed E-state index contributed by atoms with van der Waals surface area (Å²) >= 11 is 7.13. The summed E-state index contributed by atoms with van der Waals surface area (Å²) in [5.41, 5.74) is 4.96. The molecular formula is C34H29Br2N3O7. The largest absolute Gasteiger partial charge is 0.503 e. The number of hydroxylamine groups is 2. The second-order valence-corrected chi connectivity index (χ2v) is 13.8. The van der Waals surface area contributed by atoms with Crippen LogP contribution in [0.3, 0.4) is 0 Å². The van der Waals surface area contributed by atoms with E-state index in [1.165, 1.54) is 7.11 Å². The third kappa shape index (κ3) is 4.16. The van der Waals surface area contributed by atoms with E-state index in [1.807, 2.05) is 55.5 Å². The lowest BCUT2D eigenvalue weighted by atomic mass is 9.49. The van der Waals surface area contributed by atoms with Crippen molar-refractivity contribution in [1.82, 2.24) is 10.1 Å². The first-order valence-electron chi connectivity index (χ1n) is 14.8. The highest BCUT2D eigenvalue weighted by molar-refractivity contribution is 9.13. The van der Waals surface area contributed by atoms with Gasteiger partial charge >= 0.3 is 0 Å². The van der Waals surface area contributed by atoms with Gasteiger partial charge in [-0.05, 0) is 86.9 Å². The zero-order valence-electron chi connectivity index (χ0n) is 24.7. The van der Waals surface area contributed by atoms with Crippen LogP contribution in [0.4, 0.5) is 5.69 Å². The molecule has 3 aromatic carbocycles. The van der Waals surface area contributed by atoms with Gasteiger partial charge in [-0.25, -0.2) is 0 Å². The van der Waals surface area contributed by atoms with Gasteiger partial charge in [-0.2, -0.15) is 10.1 Å². The lowest BCUT2D eigenvalue weighted by Gasteiger charge is -2.50. The van der Waals surface area contributed by atoms with E-state index >= 15 is 4.79 Å². The Bertz CT molecular complexity index is 1850. The molecule has 7 rings (SSSR count). The van der Waals surface area contributed by atoms with Crippen LogP contribution < -0.4 is 10.2 Å². The summed E-state index contributed by atoms with van der Waals surface area (Å²) in [6.07, 6.45) is 2.15. The van der Waals surface area contributed by atoms with Crippen molar-refractivity contribution in [2.45, 2.75) is 31.1 Å². The van der Waals surface area contributed by atoms with Crippen LogP contribution in [0.1, 0.15) is 35.4 Å². The van der Waals surface area contributed by atoms with E-state index in [4.69, 9.17) is 4.74 Å². The summed E-state index contributed by atoms with van der Waals surface area (Å²) in [6, 6.07) is 18.1. The standard InChI is InChI=1S/C34H29Br2N3O7/c1-16-8-10-18(11-9-16)37-38-31(42)23-14-21-19(12-13-20-25(21)32(43)39(45)30(20)41)26(22-15-24(46-2)29(40)28(36)27(22)35)34(23,33(38)44)17-6-4-3-5-7-17/h3-12,15,20-21,23,25-26,37,40,45H,13-14H2,1-2H3/t20-,21+,23-,25-,26+,34+/m0/s1. The molecule has 0 aromatic heterocycles. The highest BCUT2D eigenvalue weighted by atomic mass is 79.9. The number of rotatable bonds is 5. The van der Waals surface area contributed by atoms with Gasteiger partial charge in [0.1, 0.15) is 0 Å². The first-order valence-corrected chi connectivity index (χ1v) is 16.4. The van der Waals surface area contributed by atoms with Crippen molar-refractivity contribution >= 4 is 61.2 Å². The molecule has 10 nitrogen and oxygen atoms in total. The molecule has 3 fully saturated rings. The summed E-state index contributed by atoms with van der Waals surface area (Å²) in [5, 5.41) is 22.5. The number of halogens is 2. The molecule has 2 saturated heterocycles. The zero-order chi connectivity index (χ0) is 32.7. The van der Waals surface area contributed by atoms with Crippen molar-refractivity contribution in [2.75, 3.05) is 12.5 Å². The Morgan fingerprint density at radius 2 is 1.63 bits per heavy atom. The smallest absolute Gasteiger partial charge is 0.260 e. The van der Waals surface area contributed by atoms with Crippen molar-refractivity contribution in [1.29, 1.82) is 0 Å². The van der Waals surface area contributed by atoms with Crippen molar-refractivity contribution < 1.29 is 34.2 Å². The molecule has 0 spiro atoms. The van der Waals surface area contributed by atoms with E-state index in [1.54, 1.807) is 18.2 Å². The SMILES string of the molecule is COc1cc([C@H]2C3=CC[C@@H]4C(=O)N(O)C(=O)[C@@H]4[C@@H]3C[C@H]3C(=O)N(Nc4ccc(C)cc4)C(=O)[C@@]23c2ccccc2)c(Br)c(Br)c1O. The van der Waals surface area contributed by atoms with Crippen LogP contribution in [-0.4, -0.2) is 51.1 Å². The Balaban J connectivity index is 1.51. The minimum absolute atomic E-state index is 0.0932. The predicted octanol–water partition coefficient (Wildman–Crippen LogP) is 5.61. The van der Waals surface area contributed by atoms with E-state index in [2.05, 4.69) is 37.3 Å². The minimum atomic E-state index is -1.50. The maximum absolute atomic E-state index is 15.2. The topological polar surface area (TPSA) is 136 Å². The lowest BCUT2D eigenvalue weighted by molar-refractivity contribution is -0.173. The number of hydrogen-bond acceptors (Lipinski definition) is 8. The molecule has 0 unspecified atom stereocenters. The highest BCUT2D eigenvalue weighted by Gasteiger charge is 2.70. The number of allylic oxidation sites excluding steroid dienone is 2. The quantitative estimate of drug-likeness (QED) is 0.174. The number of carbonyl (C=O) groups excluding carboxylic acids is 4. The maximum atomic E-state index is 15.2. The van der Waals surface area contributed by atoms with E-state index < -0.39 is 58.6 Å². The van der Waals surface area contributed by atoms with E-state index in [-0.39, 0.29) is 33.9 Å². The maximum Gasteiger partial charge on any atom is 0.260 e. The fourth-order valence-electron chi connectivity index (χ4n) is 8.05. The third-order valence-corrected chi connectivity index (χ3v) is 12.2. The average Bonchev–Trinajstić information content (AvgIpc) is 3.42. The number of hydrazine groups is 1. The Morgan fingerprint density at radius 1 is 0.935 bits per heavy atom. The Kier molecular flexibility index (Phi) is 7.37. The van der Waals surface area contributed by atoms with Crippen LogP contribution in [0.15, 0.2) is 81.3 Å². The predicted molar refractivity (Wildman–Crippen MR) is 172 cm³/mol. The first-order chi connectivity index (χ1) is 22.0. The number of fused-ring (bicyclic) bond motifs is 4. The molecule has 2 aliphatic heterocycles. The van der Waals surface area contributed by atoms with Crippen LogP contribution in [0, 0.1) is 30.6 Å². The van der Waals surface area contributed by atoms with Gasteiger partial charge in [0.15, 0.2) is 11.5 Å².